The lowest BCUT2D eigenvalue weighted by Gasteiger charge is -2.07. The van der Waals surface area contributed by atoms with Crippen LogP contribution >= 0.6 is 27.3 Å². The van der Waals surface area contributed by atoms with E-state index in [4.69, 9.17) is 4.42 Å². The summed E-state index contributed by atoms with van der Waals surface area (Å²) < 4.78 is 6.22. The van der Waals surface area contributed by atoms with Crippen LogP contribution in [0.25, 0.3) is 0 Å². The van der Waals surface area contributed by atoms with E-state index in [0.717, 1.165) is 14.9 Å². The fourth-order valence-electron chi connectivity index (χ4n) is 1.47. The number of aliphatic hydroxyl groups excluding tert-OH is 1. The number of aryl methyl sites for hydroxylation is 2. The number of rotatable bonds is 2. The molecule has 0 aliphatic carbocycles. The Hall–Kier alpha value is -0.580. The van der Waals surface area contributed by atoms with Gasteiger partial charge in [-0.1, -0.05) is 0 Å². The van der Waals surface area contributed by atoms with E-state index in [1.165, 1.54) is 4.88 Å². The highest BCUT2D eigenvalue weighted by Gasteiger charge is 2.20. The smallest absolute Gasteiger partial charge is 0.147 e. The molecule has 0 amide bonds. The lowest BCUT2D eigenvalue weighted by atomic mass is 10.1. The van der Waals surface area contributed by atoms with Gasteiger partial charge in [0.25, 0.3) is 0 Å². The van der Waals surface area contributed by atoms with Crippen molar-refractivity contribution in [2.45, 2.75) is 20.0 Å². The first-order valence-corrected chi connectivity index (χ1v) is 6.18. The van der Waals surface area contributed by atoms with Crippen LogP contribution in [0.15, 0.2) is 27.3 Å². The molecule has 2 nitrogen and oxygen atoms in total. The van der Waals surface area contributed by atoms with Gasteiger partial charge in [0.05, 0.1) is 11.1 Å². The van der Waals surface area contributed by atoms with Crippen LogP contribution in [0.2, 0.25) is 0 Å². The highest BCUT2D eigenvalue weighted by Crippen LogP contribution is 2.36. The number of hydrogen-bond acceptors (Lipinski definition) is 3. The Morgan fingerprint density at radius 2 is 2.20 bits per heavy atom. The van der Waals surface area contributed by atoms with Crippen molar-refractivity contribution in [2.24, 2.45) is 0 Å². The first-order chi connectivity index (χ1) is 7.09. The number of furan rings is 1. The molecule has 2 rings (SSSR count). The van der Waals surface area contributed by atoms with Gasteiger partial charge < -0.3 is 9.52 Å². The zero-order chi connectivity index (χ0) is 11.0. The first-order valence-electron chi connectivity index (χ1n) is 4.57. The number of aliphatic hydroxyl groups is 1. The Kier molecular flexibility index (Phi) is 3.00. The second-order valence-electron chi connectivity index (χ2n) is 3.44. The molecule has 2 heterocycles. The highest BCUT2D eigenvalue weighted by atomic mass is 79.9. The molecule has 4 heteroatoms. The van der Waals surface area contributed by atoms with Crippen molar-refractivity contribution in [3.8, 4) is 0 Å². The zero-order valence-corrected chi connectivity index (χ0v) is 10.9. The molecular formula is C11H11BrO2S. The molecule has 0 bridgehead atoms. The summed E-state index contributed by atoms with van der Waals surface area (Å²) in [4.78, 5) is 2.06. The van der Waals surface area contributed by atoms with Crippen LogP contribution in [0.3, 0.4) is 0 Å². The average molecular weight is 287 g/mol. The van der Waals surface area contributed by atoms with Gasteiger partial charge in [-0.3, -0.25) is 0 Å². The monoisotopic (exact) mass is 286 g/mol. The minimum atomic E-state index is -0.673. The minimum absolute atomic E-state index is 0.623. The first kappa shape index (κ1) is 10.9. The van der Waals surface area contributed by atoms with E-state index < -0.39 is 6.10 Å². The fourth-order valence-corrected chi connectivity index (χ4v) is 3.32. The Bertz CT molecular complexity index is 473. The van der Waals surface area contributed by atoms with Crippen molar-refractivity contribution in [2.75, 3.05) is 0 Å². The Morgan fingerprint density at radius 3 is 2.67 bits per heavy atom. The minimum Gasteiger partial charge on any atom is -0.466 e. The van der Waals surface area contributed by atoms with Gasteiger partial charge in [-0.25, -0.2) is 0 Å². The van der Waals surface area contributed by atoms with Gasteiger partial charge in [-0.2, -0.15) is 0 Å². The second kappa shape index (κ2) is 4.12. The molecule has 0 aliphatic rings. The van der Waals surface area contributed by atoms with Crippen LogP contribution in [-0.2, 0) is 0 Å². The summed E-state index contributed by atoms with van der Waals surface area (Å²) in [7, 11) is 0. The van der Waals surface area contributed by atoms with Gasteiger partial charge in [0.15, 0.2) is 0 Å². The summed E-state index contributed by atoms with van der Waals surface area (Å²) in [6, 6.07) is 3.86. The molecule has 2 aromatic rings. The molecular weight excluding hydrogens is 276 g/mol. The fraction of sp³-hybridized carbons (Fsp3) is 0.273. The molecule has 0 aliphatic heterocycles. The summed E-state index contributed by atoms with van der Waals surface area (Å²) in [5.41, 5.74) is 0.973. The highest BCUT2D eigenvalue weighted by molar-refractivity contribution is 9.10. The van der Waals surface area contributed by atoms with E-state index in [1.807, 2.05) is 26.0 Å². The zero-order valence-electron chi connectivity index (χ0n) is 8.45. The van der Waals surface area contributed by atoms with E-state index in [1.54, 1.807) is 17.6 Å². The van der Waals surface area contributed by atoms with Gasteiger partial charge in [0, 0.05) is 9.35 Å². The van der Waals surface area contributed by atoms with Gasteiger partial charge in [0.2, 0.25) is 0 Å². The van der Waals surface area contributed by atoms with Crippen molar-refractivity contribution in [3.05, 3.63) is 43.9 Å². The maximum Gasteiger partial charge on any atom is 0.147 e. The number of hydrogen-bond donors (Lipinski definition) is 1. The average Bonchev–Trinajstić information content (AvgIpc) is 2.71. The molecule has 0 saturated carbocycles. The summed E-state index contributed by atoms with van der Waals surface area (Å²) in [6.45, 7) is 3.94. The van der Waals surface area contributed by atoms with Gasteiger partial charge in [-0.05, 0) is 47.5 Å². The molecule has 1 atom stereocenters. The van der Waals surface area contributed by atoms with Gasteiger partial charge in [0.1, 0.15) is 11.9 Å². The standard InChI is InChI=1S/C11H11BrO2S/c1-6-3-4-14-10(6)9(13)11-8(12)5-7(2)15-11/h3-5,9,13H,1-2H3. The van der Waals surface area contributed by atoms with Crippen molar-refractivity contribution >= 4 is 27.3 Å². The predicted octanol–water partition coefficient (Wildman–Crippen LogP) is 3.80. The van der Waals surface area contributed by atoms with E-state index in [-0.39, 0.29) is 0 Å². The van der Waals surface area contributed by atoms with E-state index >= 15 is 0 Å². The van der Waals surface area contributed by atoms with Crippen LogP contribution in [-0.4, -0.2) is 5.11 Å². The molecule has 2 aromatic heterocycles. The van der Waals surface area contributed by atoms with E-state index in [0.29, 0.717) is 5.76 Å². The summed E-state index contributed by atoms with van der Waals surface area (Å²) in [5.74, 6) is 0.623. The van der Waals surface area contributed by atoms with Crippen LogP contribution in [0.4, 0.5) is 0 Å². The van der Waals surface area contributed by atoms with Crippen LogP contribution < -0.4 is 0 Å². The third kappa shape index (κ3) is 2.02. The van der Waals surface area contributed by atoms with Crippen LogP contribution in [0.5, 0.6) is 0 Å². The Balaban J connectivity index is 2.40. The van der Waals surface area contributed by atoms with Crippen LogP contribution in [0, 0.1) is 13.8 Å². The molecule has 1 unspecified atom stereocenters. The van der Waals surface area contributed by atoms with Crippen molar-refractivity contribution in [1.29, 1.82) is 0 Å². The molecule has 0 saturated heterocycles. The predicted molar refractivity (Wildman–Crippen MR) is 64.3 cm³/mol. The Labute approximate surface area is 101 Å². The molecule has 80 valence electrons. The van der Waals surface area contributed by atoms with Gasteiger partial charge >= 0.3 is 0 Å². The third-order valence-electron chi connectivity index (χ3n) is 2.23. The van der Waals surface area contributed by atoms with Crippen molar-refractivity contribution < 1.29 is 9.52 Å². The van der Waals surface area contributed by atoms with E-state index in [2.05, 4.69) is 15.9 Å². The molecule has 0 aromatic carbocycles. The second-order valence-corrected chi connectivity index (χ2v) is 5.58. The number of halogens is 1. The van der Waals surface area contributed by atoms with E-state index in [9.17, 15) is 5.11 Å². The summed E-state index contributed by atoms with van der Waals surface area (Å²) in [5, 5.41) is 10.1. The van der Waals surface area contributed by atoms with Crippen LogP contribution in [0.1, 0.15) is 27.2 Å². The third-order valence-corrected chi connectivity index (χ3v) is 4.26. The molecule has 0 radical (unpaired) electrons. The maximum absolute atomic E-state index is 10.1. The quantitative estimate of drug-likeness (QED) is 0.911. The number of thiophene rings is 1. The maximum atomic E-state index is 10.1. The lowest BCUT2D eigenvalue weighted by Crippen LogP contribution is -1.97. The summed E-state index contributed by atoms with van der Waals surface area (Å²) in [6.07, 6.45) is 0.926. The molecule has 0 spiro atoms. The molecule has 15 heavy (non-hydrogen) atoms. The largest absolute Gasteiger partial charge is 0.466 e. The topological polar surface area (TPSA) is 33.4 Å². The summed E-state index contributed by atoms with van der Waals surface area (Å²) >= 11 is 5.01. The molecule has 0 fully saturated rings. The lowest BCUT2D eigenvalue weighted by molar-refractivity contribution is 0.191. The normalized spacial score (nSPS) is 13.1. The van der Waals surface area contributed by atoms with Crippen molar-refractivity contribution in [3.63, 3.8) is 0 Å². The Morgan fingerprint density at radius 1 is 1.47 bits per heavy atom. The van der Waals surface area contributed by atoms with Crippen molar-refractivity contribution in [1.82, 2.24) is 0 Å². The molecule has 1 N–H and O–H groups in total. The van der Waals surface area contributed by atoms with Gasteiger partial charge in [-0.15, -0.1) is 11.3 Å². The SMILES string of the molecule is Cc1cc(Br)c(C(O)c2occc2C)s1.